The van der Waals surface area contributed by atoms with Gasteiger partial charge >= 0.3 is 28.4 Å². The molecular weight excluding hydrogens is 749 g/mol. The molecule has 3 aromatic rings. The molecule has 0 bridgehead atoms. The fourth-order valence-corrected chi connectivity index (χ4v) is 8.43. The molecule has 1 fully saturated rings. The molecule has 0 unspecified atom stereocenters. The van der Waals surface area contributed by atoms with Crippen LogP contribution in [-0.4, -0.2) is 91.4 Å². The third-order valence-corrected chi connectivity index (χ3v) is 12.2. The van der Waals surface area contributed by atoms with Gasteiger partial charge in [0.25, 0.3) is 0 Å². The zero-order valence-corrected chi connectivity index (χ0v) is 36.2. The van der Waals surface area contributed by atoms with Crippen molar-refractivity contribution in [3.8, 4) is 17.0 Å². The number of rotatable bonds is 11. The molecule has 314 valence electrons. The summed E-state index contributed by atoms with van der Waals surface area (Å²) in [5.41, 5.74) is 2.51. The van der Waals surface area contributed by atoms with Crippen molar-refractivity contribution < 1.29 is 41.7 Å². The van der Waals surface area contributed by atoms with Crippen molar-refractivity contribution in [2.24, 2.45) is 5.41 Å². The topological polar surface area (TPSA) is 146 Å². The summed E-state index contributed by atoms with van der Waals surface area (Å²) in [6, 6.07) is 13.3. The lowest BCUT2D eigenvalue weighted by Crippen LogP contribution is -2.49. The summed E-state index contributed by atoms with van der Waals surface area (Å²) in [4.78, 5) is 41.2. The number of carbonyl (C=O) groups is 3. The van der Waals surface area contributed by atoms with Gasteiger partial charge in [0, 0.05) is 43.1 Å². The number of carbonyl (C=O) groups excluding carboxylic acids is 3. The smallest absolute Gasteiger partial charge is 0.422 e. The molecule has 1 N–H and O–H groups in total. The minimum absolute atomic E-state index is 0.117. The summed E-state index contributed by atoms with van der Waals surface area (Å²) in [5.74, 6) is 0.608. The van der Waals surface area contributed by atoms with Gasteiger partial charge in [-0.2, -0.15) is 12.7 Å². The predicted molar refractivity (Wildman–Crippen MR) is 221 cm³/mol. The van der Waals surface area contributed by atoms with Crippen LogP contribution >= 0.6 is 0 Å². The lowest BCUT2D eigenvalue weighted by Gasteiger charge is -2.37. The Balaban J connectivity index is 1.50. The molecule has 2 aromatic carbocycles. The number of esters is 1. The first-order valence-corrected chi connectivity index (χ1v) is 21.5. The fourth-order valence-electron chi connectivity index (χ4n) is 7.69. The molecule has 1 aliphatic carbocycles. The molecule has 57 heavy (non-hydrogen) atoms. The van der Waals surface area contributed by atoms with E-state index in [0.29, 0.717) is 43.2 Å². The van der Waals surface area contributed by atoms with E-state index in [0.717, 1.165) is 52.1 Å². The molecule has 5 rings (SSSR count). The van der Waals surface area contributed by atoms with Gasteiger partial charge < -0.3 is 23.5 Å². The largest absolute Gasteiger partial charge is 0.491 e. The van der Waals surface area contributed by atoms with Crippen LogP contribution in [-0.2, 0) is 31.0 Å². The van der Waals surface area contributed by atoms with Gasteiger partial charge in [0.15, 0.2) is 0 Å². The number of ether oxygens (including phenoxy) is 4. The summed E-state index contributed by atoms with van der Waals surface area (Å²) in [5, 5.41) is 1.07. The Morgan fingerprint density at radius 3 is 2.19 bits per heavy atom. The summed E-state index contributed by atoms with van der Waals surface area (Å²) in [6.07, 6.45) is 5.01. The maximum atomic E-state index is 14.3. The van der Waals surface area contributed by atoms with Crippen LogP contribution in [0.15, 0.2) is 42.5 Å². The van der Waals surface area contributed by atoms with E-state index in [9.17, 15) is 22.8 Å². The van der Waals surface area contributed by atoms with Gasteiger partial charge in [-0.15, -0.1) is 0 Å². The van der Waals surface area contributed by atoms with Crippen LogP contribution in [0.2, 0.25) is 0 Å². The molecule has 13 nitrogen and oxygen atoms in total. The average molecular weight is 811 g/mol. The quantitative estimate of drug-likeness (QED) is 0.149. The standard InChI is InChI=1S/C43H62N4O9S/c1-41(2,3)55-39(49)44-57(51,52)45(9)24-22-43(7,8)23-25-46(40(50)56-42(4,5)6)31-27-47-34-26-30(38(48)53-10)20-21-32(34)36(29-16-12-11-13-17-29)37(47)33-18-14-15-19-35(33)54-28-31/h14-15,18-21,26,29,31H,11-13,16-17,22-25,27-28H2,1-10H3,(H,44,49)/t31-/m1/s1. The van der Waals surface area contributed by atoms with Crippen molar-refractivity contribution in [2.75, 3.05) is 33.9 Å². The van der Waals surface area contributed by atoms with E-state index in [2.05, 4.69) is 10.6 Å². The number of aromatic nitrogens is 1. The molecule has 1 aromatic heterocycles. The van der Waals surface area contributed by atoms with Crippen LogP contribution in [0.25, 0.3) is 22.2 Å². The van der Waals surface area contributed by atoms with Gasteiger partial charge in [0.05, 0.1) is 24.4 Å². The molecule has 0 spiro atoms. The van der Waals surface area contributed by atoms with Gasteiger partial charge in [0.2, 0.25) is 0 Å². The molecule has 0 saturated heterocycles. The monoisotopic (exact) mass is 810 g/mol. The number of methoxy groups -OCH3 is 1. The highest BCUT2D eigenvalue weighted by molar-refractivity contribution is 7.87. The summed E-state index contributed by atoms with van der Waals surface area (Å²) >= 11 is 0. The first-order valence-electron chi connectivity index (χ1n) is 20.0. The van der Waals surface area contributed by atoms with E-state index >= 15 is 0 Å². The fraction of sp³-hybridized carbons (Fsp3) is 0.605. The van der Waals surface area contributed by atoms with E-state index < -0.39 is 51.0 Å². The lowest BCUT2D eigenvalue weighted by molar-refractivity contribution is 0.00559. The number of benzene rings is 2. The van der Waals surface area contributed by atoms with E-state index in [1.165, 1.54) is 26.1 Å². The SMILES string of the molecule is COC(=O)c1ccc2c(C3CCCCC3)c3n(c2c1)C[C@@H](N(CCC(C)(C)CCN(C)S(=O)(=O)NC(=O)OC(C)(C)C)C(=O)OC(C)(C)C)COc1ccccc1-3. The van der Waals surface area contributed by atoms with Gasteiger partial charge in [-0.1, -0.05) is 51.3 Å². The molecular formula is C43H62N4O9S. The van der Waals surface area contributed by atoms with Crippen LogP contribution in [0.1, 0.15) is 122 Å². The summed E-state index contributed by atoms with van der Waals surface area (Å²) in [7, 11) is -1.37. The normalized spacial score (nSPS) is 16.8. The molecule has 2 heterocycles. The molecule has 2 aliphatic rings. The minimum Gasteiger partial charge on any atom is -0.491 e. The average Bonchev–Trinajstić information content (AvgIpc) is 3.42. The molecule has 2 amide bonds. The van der Waals surface area contributed by atoms with Crippen molar-refractivity contribution in [1.29, 1.82) is 0 Å². The second kappa shape index (κ2) is 17.3. The highest BCUT2D eigenvalue weighted by atomic mass is 32.2. The third kappa shape index (κ3) is 11.0. The molecule has 1 atom stereocenters. The first kappa shape index (κ1) is 43.8. The Bertz CT molecular complexity index is 2040. The van der Waals surface area contributed by atoms with Gasteiger partial charge in [-0.05, 0) is 108 Å². The van der Waals surface area contributed by atoms with E-state index in [-0.39, 0.29) is 13.2 Å². The summed E-state index contributed by atoms with van der Waals surface area (Å²) in [6.45, 7) is 15.5. The van der Waals surface area contributed by atoms with Crippen molar-refractivity contribution in [3.05, 3.63) is 53.6 Å². The molecule has 1 aliphatic heterocycles. The molecule has 0 radical (unpaired) electrons. The zero-order valence-electron chi connectivity index (χ0n) is 35.4. The predicted octanol–water partition coefficient (Wildman–Crippen LogP) is 8.65. The van der Waals surface area contributed by atoms with E-state index in [4.69, 9.17) is 18.9 Å². The zero-order chi connectivity index (χ0) is 41.9. The van der Waals surface area contributed by atoms with Crippen LogP contribution in [0.4, 0.5) is 9.59 Å². The first-order chi connectivity index (χ1) is 26.6. The Morgan fingerprint density at radius 1 is 0.895 bits per heavy atom. The maximum Gasteiger partial charge on any atom is 0.422 e. The van der Waals surface area contributed by atoms with Crippen LogP contribution in [0.3, 0.4) is 0 Å². The Hall–Kier alpha value is -4.30. The second-order valence-electron chi connectivity index (χ2n) is 18.2. The molecule has 14 heteroatoms. The minimum atomic E-state index is -4.16. The van der Waals surface area contributed by atoms with Crippen molar-refractivity contribution >= 4 is 39.3 Å². The van der Waals surface area contributed by atoms with E-state index in [1.54, 1.807) is 25.7 Å². The van der Waals surface area contributed by atoms with E-state index in [1.807, 2.05) is 75.7 Å². The van der Waals surface area contributed by atoms with Crippen molar-refractivity contribution in [2.45, 2.75) is 130 Å². The van der Waals surface area contributed by atoms with Crippen LogP contribution in [0.5, 0.6) is 5.75 Å². The highest BCUT2D eigenvalue weighted by Crippen LogP contribution is 2.47. The number of para-hydroxylation sites is 1. The number of hydrogen-bond acceptors (Lipinski definition) is 9. The van der Waals surface area contributed by atoms with Crippen molar-refractivity contribution in [3.63, 3.8) is 0 Å². The Morgan fingerprint density at radius 2 is 1.54 bits per heavy atom. The highest BCUT2D eigenvalue weighted by Gasteiger charge is 2.36. The number of nitrogens with one attached hydrogen (secondary N) is 1. The van der Waals surface area contributed by atoms with Crippen LogP contribution in [0, 0.1) is 5.41 Å². The molecule has 1 saturated carbocycles. The number of fused-ring (bicyclic) bond motifs is 5. The Labute approximate surface area is 338 Å². The number of amides is 2. The second-order valence-corrected chi connectivity index (χ2v) is 19.9. The number of hydrogen-bond donors (Lipinski definition) is 1. The van der Waals surface area contributed by atoms with Gasteiger partial charge in [-0.25, -0.2) is 19.1 Å². The third-order valence-electron chi connectivity index (χ3n) is 10.7. The van der Waals surface area contributed by atoms with Gasteiger partial charge in [-0.3, -0.25) is 4.90 Å². The summed E-state index contributed by atoms with van der Waals surface area (Å²) < 4.78 is 54.2. The number of nitrogens with zero attached hydrogens (tertiary/aromatic N) is 3. The Kier molecular flexibility index (Phi) is 13.3. The lowest BCUT2D eigenvalue weighted by atomic mass is 9.81. The van der Waals surface area contributed by atoms with Gasteiger partial charge in [0.1, 0.15) is 23.6 Å². The van der Waals surface area contributed by atoms with Crippen LogP contribution < -0.4 is 9.46 Å². The maximum absolute atomic E-state index is 14.3. The van der Waals surface area contributed by atoms with Crippen molar-refractivity contribution in [1.82, 2.24) is 18.5 Å².